The maximum absolute atomic E-state index is 11.7. The first-order chi connectivity index (χ1) is 11.7. The number of hydrogen-bond acceptors (Lipinski definition) is 4. The summed E-state index contributed by atoms with van der Waals surface area (Å²) in [7, 11) is 1.51. The van der Waals surface area contributed by atoms with Gasteiger partial charge in [0.1, 0.15) is 5.75 Å². The zero-order chi connectivity index (χ0) is 18.6. The van der Waals surface area contributed by atoms with Crippen LogP contribution in [0, 0.1) is 0 Å². The second-order valence-electron chi connectivity index (χ2n) is 4.76. The molecule has 1 aromatic carbocycles. The van der Waals surface area contributed by atoms with Crippen LogP contribution < -0.4 is 4.74 Å². The molecule has 0 spiro atoms. The van der Waals surface area contributed by atoms with Crippen molar-refractivity contribution in [2.75, 3.05) is 20.6 Å². The molecule has 2 aromatic rings. The SMILES string of the molecule is [2H]C([2H])([2H])N(C)CCc1c[nH]c2cccc(OC(=O)/C=C/C(=O)O)c12. The van der Waals surface area contributed by atoms with E-state index in [4.69, 9.17) is 14.0 Å². The van der Waals surface area contributed by atoms with Gasteiger partial charge < -0.3 is 19.7 Å². The first-order valence-corrected chi connectivity index (χ1v) is 6.61. The van der Waals surface area contributed by atoms with Gasteiger partial charge >= 0.3 is 11.9 Å². The Kier molecular flexibility index (Phi) is 3.77. The number of benzene rings is 1. The summed E-state index contributed by atoms with van der Waals surface area (Å²) in [6, 6.07) is 5.09. The summed E-state index contributed by atoms with van der Waals surface area (Å²) in [4.78, 5) is 26.5. The summed E-state index contributed by atoms with van der Waals surface area (Å²) in [5.41, 5.74) is 1.54. The number of nitrogens with one attached hydrogen (secondary N) is 1. The van der Waals surface area contributed by atoms with E-state index in [2.05, 4.69) is 4.98 Å². The van der Waals surface area contributed by atoms with Gasteiger partial charge in [-0.1, -0.05) is 6.07 Å². The van der Waals surface area contributed by atoms with E-state index >= 15 is 0 Å². The molecule has 6 nitrogen and oxygen atoms in total. The average Bonchev–Trinajstić information content (AvgIpc) is 2.94. The minimum Gasteiger partial charge on any atom is -0.478 e. The van der Waals surface area contributed by atoms with Crippen LogP contribution in [-0.2, 0) is 16.0 Å². The number of aromatic amines is 1. The highest BCUT2D eigenvalue weighted by Crippen LogP contribution is 2.29. The van der Waals surface area contributed by atoms with Crippen LogP contribution in [0.4, 0.5) is 0 Å². The van der Waals surface area contributed by atoms with Gasteiger partial charge in [-0.25, -0.2) is 9.59 Å². The van der Waals surface area contributed by atoms with E-state index in [1.165, 1.54) is 11.9 Å². The van der Waals surface area contributed by atoms with Crippen LogP contribution in [0.1, 0.15) is 9.68 Å². The molecule has 1 aromatic heterocycles. The van der Waals surface area contributed by atoms with E-state index in [-0.39, 0.29) is 5.75 Å². The maximum atomic E-state index is 11.7. The Bertz CT molecular complexity index is 811. The number of hydrogen-bond donors (Lipinski definition) is 2. The third kappa shape index (κ3) is 3.95. The van der Waals surface area contributed by atoms with E-state index in [1.54, 1.807) is 24.4 Å². The van der Waals surface area contributed by atoms with Gasteiger partial charge in [0.2, 0.25) is 0 Å². The predicted octanol–water partition coefficient (Wildman–Crippen LogP) is 1.82. The number of carbonyl (C=O) groups is 2. The van der Waals surface area contributed by atoms with Crippen molar-refractivity contribution in [3.05, 3.63) is 42.1 Å². The number of aliphatic carboxylic acids is 1. The number of carboxylic acid groups (broad SMARTS) is 1. The minimum absolute atomic E-state index is 0.283. The summed E-state index contributed by atoms with van der Waals surface area (Å²) in [6.07, 6.45) is 3.71. The smallest absolute Gasteiger partial charge is 0.336 e. The standard InChI is InChI=1S/C16H18N2O4/c1-18(2)9-8-11-10-17-12-4-3-5-13(16(11)12)22-15(21)7-6-14(19)20/h3-7,10,17H,8-9H2,1-2H3,(H,19,20)/b7-6+/i1D3. The molecule has 1 heterocycles. The van der Waals surface area contributed by atoms with Crippen LogP contribution >= 0.6 is 0 Å². The molecule has 0 aliphatic heterocycles. The van der Waals surface area contributed by atoms with Gasteiger partial charge in [0, 0.05) is 39.9 Å². The third-order valence-electron chi connectivity index (χ3n) is 3.04. The highest BCUT2D eigenvalue weighted by atomic mass is 16.5. The Balaban J connectivity index is 2.23. The molecule has 6 heteroatoms. The molecule has 0 saturated carbocycles. The largest absolute Gasteiger partial charge is 0.478 e. The molecule has 0 amide bonds. The van der Waals surface area contributed by atoms with Gasteiger partial charge in [-0.15, -0.1) is 0 Å². The number of aromatic nitrogens is 1. The number of rotatable bonds is 6. The molecule has 0 fully saturated rings. The fourth-order valence-corrected chi connectivity index (χ4v) is 2.07. The van der Waals surface area contributed by atoms with Gasteiger partial charge in [-0.3, -0.25) is 0 Å². The van der Waals surface area contributed by atoms with Crippen molar-refractivity contribution in [3.63, 3.8) is 0 Å². The van der Waals surface area contributed by atoms with Crippen molar-refractivity contribution in [1.29, 1.82) is 0 Å². The minimum atomic E-state index is -2.18. The lowest BCUT2D eigenvalue weighted by Crippen LogP contribution is -2.15. The zero-order valence-corrected chi connectivity index (χ0v) is 12.0. The third-order valence-corrected chi connectivity index (χ3v) is 3.04. The molecule has 0 saturated heterocycles. The first-order valence-electron chi connectivity index (χ1n) is 8.11. The Morgan fingerprint density at radius 2 is 2.27 bits per heavy atom. The number of likely N-dealkylation sites (N-methyl/N-ethyl adjacent to an activating group) is 1. The normalized spacial score (nSPS) is 14.0. The van der Waals surface area contributed by atoms with Crippen LogP contribution in [-0.4, -0.2) is 47.5 Å². The number of ether oxygens (including phenoxy) is 1. The number of carbonyl (C=O) groups excluding carboxylic acids is 1. The van der Waals surface area contributed by atoms with Crippen molar-refractivity contribution >= 4 is 22.8 Å². The van der Waals surface area contributed by atoms with E-state index in [0.29, 0.717) is 24.4 Å². The molecule has 0 aliphatic rings. The van der Waals surface area contributed by atoms with E-state index in [9.17, 15) is 9.59 Å². The Labute approximate surface area is 132 Å². The zero-order valence-electron chi connectivity index (χ0n) is 15.0. The van der Waals surface area contributed by atoms with Crippen LogP contribution in [0.15, 0.2) is 36.5 Å². The number of nitrogens with zero attached hydrogens (tertiary/aromatic N) is 1. The van der Waals surface area contributed by atoms with Crippen LogP contribution in [0.5, 0.6) is 5.75 Å². The Morgan fingerprint density at radius 3 is 3.00 bits per heavy atom. The van der Waals surface area contributed by atoms with Gasteiger partial charge in [0.15, 0.2) is 0 Å². The predicted molar refractivity (Wildman–Crippen MR) is 83.0 cm³/mol. The number of carboxylic acids is 1. The molecular weight excluding hydrogens is 284 g/mol. The topological polar surface area (TPSA) is 82.6 Å². The monoisotopic (exact) mass is 305 g/mol. The fraction of sp³-hybridized carbons (Fsp3) is 0.250. The van der Waals surface area contributed by atoms with E-state index in [1.807, 2.05) is 0 Å². The molecule has 0 unspecified atom stereocenters. The summed E-state index contributed by atoms with van der Waals surface area (Å²) in [6.45, 7) is -1.88. The summed E-state index contributed by atoms with van der Waals surface area (Å²) in [5, 5.41) is 9.21. The van der Waals surface area contributed by atoms with Crippen molar-refractivity contribution in [1.82, 2.24) is 9.88 Å². The highest BCUT2D eigenvalue weighted by Gasteiger charge is 2.12. The molecule has 2 N–H and O–H groups in total. The van der Waals surface area contributed by atoms with Gasteiger partial charge in [0.25, 0.3) is 0 Å². The Hall–Kier alpha value is -2.60. The lowest BCUT2D eigenvalue weighted by molar-refractivity contribution is -0.133. The molecule has 0 bridgehead atoms. The summed E-state index contributed by atoms with van der Waals surface area (Å²) >= 11 is 0. The molecule has 22 heavy (non-hydrogen) atoms. The van der Waals surface area contributed by atoms with Crippen molar-refractivity contribution in [2.45, 2.75) is 6.42 Å². The number of esters is 1. The van der Waals surface area contributed by atoms with Crippen molar-refractivity contribution in [3.8, 4) is 5.75 Å². The fourth-order valence-electron chi connectivity index (χ4n) is 2.07. The highest BCUT2D eigenvalue weighted by molar-refractivity contribution is 5.95. The second kappa shape index (κ2) is 6.91. The van der Waals surface area contributed by atoms with Gasteiger partial charge in [-0.05, 0) is 38.1 Å². The van der Waals surface area contributed by atoms with Crippen molar-refractivity contribution in [2.24, 2.45) is 0 Å². The average molecular weight is 305 g/mol. The molecule has 0 atom stereocenters. The van der Waals surface area contributed by atoms with Crippen LogP contribution in [0.25, 0.3) is 10.9 Å². The quantitative estimate of drug-likeness (QED) is 0.483. The number of H-pyrrole nitrogens is 1. The number of fused-ring (bicyclic) bond motifs is 1. The van der Waals surface area contributed by atoms with E-state index in [0.717, 1.165) is 17.2 Å². The lowest BCUT2D eigenvalue weighted by atomic mass is 10.1. The van der Waals surface area contributed by atoms with Crippen LogP contribution in [0.3, 0.4) is 0 Å². The maximum Gasteiger partial charge on any atom is 0.336 e. The molecule has 0 aliphatic carbocycles. The van der Waals surface area contributed by atoms with Crippen molar-refractivity contribution < 1.29 is 23.5 Å². The molecular formula is C16H18N2O4. The van der Waals surface area contributed by atoms with E-state index < -0.39 is 18.9 Å². The Morgan fingerprint density at radius 1 is 1.45 bits per heavy atom. The molecule has 116 valence electrons. The van der Waals surface area contributed by atoms with Gasteiger partial charge in [0.05, 0.1) is 0 Å². The second-order valence-corrected chi connectivity index (χ2v) is 4.76. The lowest BCUT2D eigenvalue weighted by Gasteiger charge is -2.09. The summed E-state index contributed by atoms with van der Waals surface area (Å²) in [5.74, 6) is -1.77. The van der Waals surface area contributed by atoms with Gasteiger partial charge in [-0.2, -0.15) is 0 Å². The summed E-state index contributed by atoms with van der Waals surface area (Å²) < 4.78 is 27.3. The first kappa shape index (κ1) is 12.0. The molecule has 0 radical (unpaired) electrons. The molecule has 2 rings (SSSR count). The van der Waals surface area contributed by atoms with Crippen LogP contribution in [0.2, 0.25) is 0 Å².